The van der Waals surface area contributed by atoms with Crippen LogP contribution in [0.3, 0.4) is 0 Å². The average molecular weight is 250 g/mol. The lowest BCUT2D eigenvalue weighted by Gasteiger charge is -2.22. The highest BCUT2D eigenvalue weighted by molar-refractivity contribution is 5.93. The number of hydrogen-bond donors (Lipinski definition) is 2. The summed E-state index contributed by atoms with van der Waals surface area (Å²) in [5.41, 5.74) is 3.01. The van der Waals surface area contributed by atoms with Gasteiger partial charge < -0.3 is 10.1 Å². The predicted molar refractivity (Wildman–Crippen MR) is 67.4 cm³/mol. The van der Waals surface area contributed by atoms with Crippen molar-refractivity contribution in [3.63, 3.8) is 0 Å². The van der Waals surface area contributed by atoms with Crippen LogP contribution < -0.4 is 15.5 Å². The molecule has 0 spiro atoms. The number of hydroxylamine groups is 1. The van der Waals surface area contributed by atoms with E-state index in [0.29, 0.717) is 11.3 Å². The van der Waals surface area contributed by atoms with E-state index in [2.05, 4.69) is 10.8 Å². The molecule has 1 aliphatic heterocycles. The summed E-state index contributed by atoms with van der Waals surface area (Å²) in [6.07, 6.45) is 2.08. The molecule has 0 aromatic heterocycles. The third kappa shape index (κ3) is 3.45. The first-order chi connectivity index (χ1) is 8.79. The van der Waals surface area contributed by atoms with E-state index < -0.39 is 0 Å². The second-order valence-electron chi connectivity index (χ2n) is 4.25. The van der Waals surface area contributed by atoms with Crippen LogP contribution in [0.4, 0.5) is 0 Å². The van der Waals surface area contributed by atoms with Crippen molar-refractivity contribution >= 4 is 5.91 Å². The largest absolute Gasteiger partial charge is 0.497 e. The van der Waals surface area contributed by atoms with Gasteiger partial charge >= 0.3 is 0 Å². The molecule has 1 heterocycles. The van der Waals surface area contributed by atoms with Gasteiger partial charge in [-0.2, -0.15) is 0 Å². The molecule has 1 aliphatic rings. The van der Waals surface area contributed by atoms with E-state index in [0.717, 1.165) is 25.9 Å². The normalized spacial score (nSPS) is 19.3. The molecule has 1 saturated heterocycles. The van der Waals surface area contributed by atoms with Crippen LogP contribution in [0.1, 0.15) is 23.2 Å². The van der Waals surface area contributed by atoms with E-state index in [1.807, 2.05) is 0 Å². The number of ether oxygens (including phenoxy) is 1. The summed E-state index contributed by atoms with van der Waals surface area (Å²) in [4.78, 5) is 17.2. The van der Waals surface area contributed by atoms with Crippen molar-refractivity contribution in [3.05, 3.63) is 29.8 Å². The third-order valence-corrected chi connectivity index (χ3v) is 2.90. The second kappa shape index (κ2) is 6.37. The van der Waals surface area contributed by atoms with E-state index in [4.69, 9.17) is 9.57 Å². The molecule has 0 aliphatic carbocycles. The van der Waals surface area contributed by atoms with Crippen molar-refractivity contribution in [2.45, 2.75) is 18.9 Å². The standard InChI is InChI=1S/C13H18N2O3/c1-17-11-5-2-4-10(8-11)13(16)15-18-12-6-3-7-14-9-12/h2,4-5,8,12,14H,3,6-7,9H2,1H3,(H,15,16). The first kappa shape index (κ1) is 12.9. The highest BCUT2D eigenvalue weighted by atomic mass is 16.7. The van der Waals surface area contributed by atoms with Crippen LogP contribution >= 0.6 is 0 Å². The number of carbonyl (C=O) groups excluding carboxylic acids is 1. The highest BCUT2D eigenvalue weighted by Crippen LogP contribution is 2.12. The molecule has 5 heteroatoms. The zero-order valence-electron chi connectivity index (χ0n) is 10.4. The van der Waals surface area contributed by atoms with Gasteiger partial charge in [0.1, 0.15) is 5.75 Å². The molecule has 98 valence electrons. The molecule has 0 radical (unpaired) electrons. The van der Waals surface area contributed by atoms with Crippen LogP contribution in [0, 0.1) is 0 Å². The minimum atomic E-state index is -0.250. The summed E-state index contributed by atoms with van der Waals surface area (Å²) >= 11 is 0. The zero-order valence-corrected chi connectivity index (χ0v) is 10.4. The predicted octanol–water partition coefficient (Wildman–Crippen LogP) is 1.11. The van der Waals surface area contributed by atoms with Crippen molar-refractivity contribution in [1.82, 2.24) is 10.8 Å². The smallest absolute Gasteiger partial charge is 0.274 e. The fourth-order valence-electron chi connectivity index (χ4n) is 1.88. The molecule has 2 rings (SSSR count). The number of methoxy groups -OCH3 is 1. The van der Waals surface area contributed by atoms with Gasteiger partial charge in [-0.15, -0.1) is 0 Å². The Labute approximate surface area is 106 Å². The van der Waals surface area contributed by atoms with Crippen LogP contribution in [-0.2, 0) is 4.84 Å². The lowest BCUT2D eigenvalue weighted by atomic mass is 10.1. The Kier molecular flexibility index (Phi) is 4.55. The molecule has 1 atom stereocenters. The number of benzene rings is 1. The molecule has 18 heavy (non-hydrogen) atoms. The first-order valence-corrected chi connectivity index (χ1v) is 6.10. The van der Waals surface area contributed by atoms with Gasteiger partial charge in [0, 0.05) is 12.1 Å². The molecule has 1 unspecified atom stereocenters. The number of amides is 1. The van der Waals surface area contributed by atoms with Crippen LogP contribution in [0.2, 0.25) is 0 Å². The van der Waals surface area contributed by atoms with Gasteiger partial charge in [-0.05, 0) is 37.6 Å². The molecule has 1 aromatic rings. The van der Waals surface area contributed by atoms with Gasteiger partial charge in [0.2, 0.25) is 0 Å². The lowest BCUT2D eigenvalue weighted by Crippen LogP contribution is -2.40. The summed E-state index contributed by atoms with van der Waals surface area (Å²) in [6.45, 7) is 1.79. The summed E-state index contributed by atoms with van der Waals surface area (Å²) < 4.78 is 5.07. The monoisotopic (exact) mass is 250 g/mol. The Morgan fingerprint density at radius 2 is 2.39 bits per heavy atom. The number of hydrogen-bond acceptors (Lipinski definition) is 4. The molecule has 1 amide bonds. The number of rotatable bonds is 4. The van der Waals surface area contributed by atoms with Crippen molar-refractivity contribution in [2.24, 2.45) is 0 Å². The number of nitrogens with one attached hydrogen (secondary N) is 2. The van der Waals surface area contributed by atoms with Gasteiger partial charge in [-0.25, -0.2) is 5.48 Å². The molecular formula is C13H18N2O3. The Bertz CT molecular complexity index is 403. The van der Waals surface area contributed by atoms with Crippen LogP contribution in [0.15, 0.2) is 24.3 Å². The van der Waals surface area contributed by atoms with Gasteiger partial charge in [0.25, 0.3) is 5.91 Å². The van der Waals surface area contributed by atoms with Gasteiger partial charge in [0.05, 0.1) is 13.2 Å². The Hall–Kier alpha value is -1.59. The summed E-state index contributed by atoms with van der Waals surface area (Å²) in [5.74, 6) is 0.404. The molecule has 1 aromatic carbocycles. The number of piperidine rings is 1. The van der Waals surface area contributed by atoms with E-state index in [1.54, 1.807) is 31.4 Å². The molecule has 5 nitrogen and oxygen atoms in total. The van der Waals surface area contributed by atoms with Crippen molar-refractivity contribution in [3.8, 4) is 5.75 Å². The maximum absolute atomic E-state index is 11.8. The fraction of sp³-hybridized carbons (Fsp3) is 0.462. The topological polar surface area (TPSA) is 59.6 Å². The quantitative estimate of drug-likeness (QED) is 0.786. The Morgan fingerprint density at radius 1 is 1.50 bits per heavy atom. The average Bonchev–Trinajstić information content (AvgIpc) is 2.46. The van der Waals surface area contributed by atoms with Crippen LogP contribution in [-0.4, -0.2) is 32.2 Å². The SMILES string of the molecule is COc1cccc(C(=O)NOC2CCCNC2)c1. The summed E-state index contributed by atoms with van der Waals surface area (Å²) in [7, 11) is 1.57. The van der Waals surface area contributed by atoms with Crippen molar-refractivity contribution in [2.75, 3.05) is 20.2 Å². The minimum absolute atomic E-state index is 0.0494. The molecule has 1 fully saturated rings. The maximum atomic E-state index is 11.8. The van der Waals surface area contributed by atoms with Gasteiger partial charge in [-0.3, -0.25) is 9.63 Å². The zero-order chi connectivity index (χ0) is 12.8. The molecule has 2 N–H and O–H groups in total. The van der Waals surface area contributed by atoms with Gasteiger partial charge in [0.15, 0.2) is 0 Å². The van der Waals surface area contributed by atoms with E-state index in [1.165, 1.54) is 0 Å². The maximum Gasteiger partial charge on any atom is 0.274 e. The minimum Gasteiger partial charge on any atom is -0.497 e. The highest BCUT2D eigenvalue weighted by Gasteiger charge is 2.15. The van der Waals surface area contributed by atoms with Crippen molar-refractivity contribution < 1.29 is 14.4 Å². The van der Waals surface area contributed by atoms with Crippen molar-refractivity contribution in [1.29, 1.82) is 0 Å². The lowest BCUT2D eigenvalue weighted by molar-refractivity contribution is -0.0251. The van der Waals surface area contributed by atoms with E-state index >= 15 is 0 Å². The third-order valence-electron chi connectivity index (χ3n) is 2.90. The second-order valence-corrected chi connectivity index (χ2v) is 4.25. The fourth-order valence-corrected chi connectivity index (χ4v) is 1.88. The Morgan fingerprint density at radius 3 is 3.11 bits per heavy atom. The number of carbonyl (C=O) groups is 1. The van der Waals surface area contributed by atoms with Crippen LogP contribution in [0.25, 0.3) is 0 Å². The van der Waals surface area contributed by atoms with Gasteiger partial charge in [-0.1, -0.05) is 6.07 Å². The Balaban J connectivity index is 1.86. The molecule has 0 saturated carbocycles. The first-order valence-electron chi connectivity index (χ1n) is 6.10. The molecular weight excluding hydrogens is 232 g/mol. The molecule has 0 bridgehead atoms. The van der Waals surface area contributed by atoms with E-state index in [9.17, 15) is 4.79 Å². The van der Waals surface area contributed by atoms with Crippen LogP contribution in [0.5, 0.6) is 5.75 Å². The summed E-state index contributed by atoms with van der Waals surface area (Å²) in [5, 5.41) is 3.22. The van der Waals surface area contributed by atoms with E-state index in [-0.39, 0.29) is 12.0 Å². The summed E-state index contributed by atoms with van der Waals surface area (Å²) in [6, 6.07) is 6.97.